The molecule has 1 aromatic heterocycles. The number of nitrogens with zero attached hydrogens (tertiary/aromatic N) is 2. The van der Waals surface area contributed by atoms with Gasteiger partial charge in [0.1, 0.15) is 0 Å². The fourth-order valence-electron chi connectivity index (χ4n) is 4.65. The molecule has 170 valence electrons. The van der Waals surface area contributed by atoms with Crippen LogP contribution in [0.25, 0.3) is 0 Å². The summed E-state index contributed by atoms with van der Waals surface area (Å²) in [6.45, 7) is 5.30. The van der Waals surface area contributed by atoms with Gasteiger partial charge in [-0.3, -0.25) is 14.4 Å². The van der Waals surface area contributed by atoms with Crippen LogP contribution in [-0.2, 0) is 4.79 Å². The van der Waals surface area contributed by atoms with Crippen molar-refractivity contribution in [2.75, 3.05) is 18.0 Å². The number of rotatable bonds is 5. The third kappa shape index (κ3) is 4.76. The Hall–Kier alpha value is -2.19. The van der Waals surface area contributed by atoms with Crippen LogP contribution in [0, 0.1) is 6.92 Å². The zero-order valence-electron chi connectivity index (χ0n) is 18.4. The van der Waals surface area contributed by atoms with Gasteiger partial charge in [-0.2, -0.15) is 0 Å². The van der Waals surface area contributed by atoms with Crippen molar-refractivity contribution in [2.45, 2.75) is 58.0 Å². The Bertz CT molecular complexity index is 1040. The summed E-state index contributed by atoms with van der Waals surface area (Å²) in [6, 6.07) is 9.28. The monoisotopic (exact) mass is 517 g/mol. The first kappa shape index (κ1) is 23.0. The van der Waals surface area contributed by atoms with Crippen LogP contribution in [0.1, 0.15) is 64.6 Å². The maximum atomic E-state index is 13.2. The Morgan fingerprint density at radius 3 is 2.72 bits per heavy atom. The Morgan fingerprint density at radius 2 is 2.03 bits per heavy atom. The van der Waals surface area contributed by atoms with Crippen LogP contribution in [-0.4, -0.2) is 47.8 Å². The van der Waals surface area contributed by atoms with Crippen LogP contribution in [0.2, 0.25) is 0 Å². The van der Waals surface area contributed by atoms with E-state index in [1.54, 1.807) is 11.0 Å². The second kappa shape index (κ2) is 9.75. The van der Waals surface area contributed by atoms with Crippen LogP contribution >= 0.6 is 27.3 Å². The van der Waals surface area contributed by atoms with Crippen molar-refractivity contribution in [3.63, 3.8) is 0 Å². The van der Waals surface area contributed by atoms with Gasteiger partial charge >= 0.3 is 0 Å². The summed E-state index contributed by atoms with van der Waals surface area (Å²) >= 11 is 4.73. The van der Waals surface area contributed by atoms with E-state index in [1.165, 1.54) is 17.8 Å². The van der Waals surface area contributed by atoms with Crippen LogP contribution in [0.5, 0.6) is 0 Å². The minimum Gasteiger partial charge on any atom is -0.346 e. The first-order chi connectivity index (χ1) is 15.4. The summed E-state index contributed by atoms with van der Waals surface area (Å²) in [6.07, 6.45) is 4.54. The average molecular weight is 518 g/mol. The molecule has 0 bridgehead atoms. The minimum absolute atomic E-state index is 0.0248. The third-order valence-electron chi connectivity index (χ3n) is 6.37. The van der Waals surface area contributed by atoms with E-state index in [9.17, 15) is 14.4 Å². The number of piperidine rings is 1. The fraction of sp³-hybridized carbons (Fsp3) is 0.458. The van der Waals surface area contributed by atoms with Gasteiger partial charge in [0.15, 0.2) is 0 Å². The predicted octanol–water partition coefficient (Wildman–Crippen LogP) is 4.76. The molecule has 32 heavy (non-hydrogen) atoms. The van der Waals surface area contributed by atoms with Crippen LogP contribution in [0.15, 0.2) is 34.1 Å². The number of aryl methyl sites for hydroxylation is 1. The van der Waals surface area contributed by atoms with Gasteiger partial charge in [0.05, 0.1) is 14.7 Å². The molecule has 0 aliphatic carbocycles. The molecule has 4 rings (SSSR count). The summed E-state index contributed by atoms with van der Waals surface area (Å²) in [7, 11) is 0. The number of hydrogen-bond acceptors (Lipinski definition) is 4. The zero-order valence-corrected chi connectivity index (χ0v) is 20.8. The van der Waals surface area contributed by atoms with Crippen molar-refractivity contribution in [3.8, 4) is 0 Å². The highest BCUT2D eigenvalue weighted by Gasteiger charge is 2.33. The lowest BCUT2D eigenvalue weighted by molar-refractivity contribution is -0.117. The highest BCUT2D eigenvalue weighted by atomic mass is 79.9. The van der Waals surface area contributed by atoms with Gasteiger partial charge in [-0.1, -0.05) is 6.92 Å². The lowest BCUT2D eigenvalue weighted by atomic mass is 9.97. The van der Waals surface area contributed by atoms with Gasteiger partial charge in [0.25, 0.3) is 11.8 Å². The lowest BCUT2D eigenvalue weighted by Crippen LogP contribution is -2.43. The summed E-state index contributed by atoms with van der Waals surface area (Å²) in [4.78, 5) is 42.6. The van der Waals surface area contributed by atoms with E-state index in [0.29, 0.717) is 23.0 Å². The Morgan fingerprint density at radius 1 is 1.22 bits per heavy atom. The number of hydrogen-bond donors (Lipinski definition) is 1. The van der Waals surface area contributed by atoms with Gasteiger partial charge in [0.2, 0.25) is 5.91 Å². The topological polar surface area (TPSA) is 69.7 Å². The van der Waals surface area contributed by atoms with Gasteiger partial charge in [-0.25, -0.2) is 0 Å². The summed E-state index contributed by atoms with van der Waals surface area (Å²) < 4.78 is 0.895. The molecule has 0 spiro atoms. The molecule has 2 aliphatic rings. The number of likely N-dealkylation sites (tertiary alicyclic amines) is 1. The first-order valence-corrected chi connectivity index (χ1v) is 12.8. The molecule has 2 unspecified atom stereocenters. The van der Waals surface area contributed by atoms with Crippen LogP contribution in [0.4, 0.5) is 5.69 Å². The minimum atomic E-state index is -0.240. The number of anilines is 1. The molecule has 2 fully saturated rings. The lowest BCUT2D eigenvalue weighted by Gasteiger charge is -2.35. The quantitative estimate of drug-likeness (QED) is 0.621. The van der Waals surface area contributed by atoms with E-state index in [4.69, 9.17) is 0 Å². The van der Waals surface area contributed by atoms with Gasteiger partial charge in [0, 0.05) is 36.8 Å². The second-order valence-electron chi connectivity index (χ2n) is 8.54. The van der Waals surface area contributed by atoms with Gasteiger partial charge < -0.3 is 15.1 Å². The summed E-state index contributed by atoms with van der Waals surface area (Å²) in [5.41, 5.74) is 2.34. The van der Waals surface area contributed by atoms with Crippen molar-refractivity contribution in [1.29, 1.82) is 0 Å². The number of carbonyl (C=O) groups is 3. The normalized spacial score (nSPS) is 21.2. The molecule has 2 aliphatic heterocycles. The highest BCUT2D eigenvalue weighted by molar-refractivity contribution is 9.11. The largest absolute Gasteiger partial charge is 0.346 e. The first-order valence-electron chi connectivity index (χ1n) is 11.2. The maximum absolute atomic E-state index is 13.2. The zero-order chi connectivity index (χ0) is 22.8. The standard InChI is InChI=1S/C24H28BrN3O3S/c1-3-17-6-4-5-11-27(17)24(31)19-8-7-18(12-15(19)2)28-14-16(13-22(28)29)26-23(30)20-9-10-21(25)32-20/h7-10,12,16-17H,3-6,11,13-14H2,1-2H3,(H,26,30). The average Bonchev–Trinajstić information content (AvgIpc) is 3.38. The molecule has 8 heteroatoms. The number of nitrogens with one attached hydrogen (secondary N) is 1. The van der Waals surface area contributed by atoms with Crippen LogP contribution < -0.4 is 10.2 Å². The van der Waals surface area contributed by atoms with E-state index in [-0.39, 0.29) is 30.2 Å². The molecule has 2 saturated heterocycles. The van der Waals surface area contributed by atoms with E-state index in [2.05, 4.69) is 28.2 Å². The van der Waals surface area contributed by atoms with E-state index >= 15 is 0 Å². The SMILES string of the molecule is CCC1CCCCN1C(=O)c1ccc(N2CC(NC(=O)c3ccc(Br)s3)CC2=O)cc1C. The van der Waals surface area contributed by atoms with Crippen molar-refractivity contribution in [1.82, 2.24) is 10.2 Å². The van der Waals surface area contributed by atoms with E-state index in [1.807, 2.05) is 36.1 Å². The molecule has 3 amide bonds. The summed E-state index contributed by atoms with van der Waals surface area (Å²) in [5, 5.41) is 2.96. The Kier molecular flexibility index (Phi) is 7.00. The van der Waals surface area contributed by atoms with Gasteiger partial charge in [-0.05, 0) is 84.4 Å². The predicted molar refractivity (Wildman–Crippen MR) is 130 cm³/mol. The molecule has 1 aromatic carbocycles. The molecule has 6 nitrogen and oxygen atoms in total. The summed E-state index contributed by atoms with van der Waals surface area (Å²) in [5.74, 6) is -0.103. The van der Waals surface area contributed by atoms with Crippen molar-refractivity contribution < 1.29 is 14.4 Å². The highest BCUT2D eigenvalue weighted by Crippen LogP contribution is 2.28. The Labute approximate surface area is 201 Å². The number of thiophene rings is 1. The third-order valence-corrected chi connectivity index (χ3v) is 7.99. The molecule has 0 radical (unpaired) electrons. The van der Waals surface area contributed by atoms with Crippen molar-refractivity contribution in [3.05, 3.63) is 50.1 Å². The molecule has 2 atom stereocenters. The number of carbonyl (C=O) groups excluding carboxylic acids is 3. The molecular weight excluding hydrogens is 490 g/mol. The van der Waals surface area contributed by atoms with E-state index in [0.717, 1.165) is 40.8 Å². The number of halogens is 1. The molecule has 1 N–H and O–H groups in total. The fourth-order valence-corrected chi connectivity index (χ4v) is 5.94. The second-order valence-corrected chi connectivity index (χ2v) is 11.0. The smallest absolute Gasteiger partial charge is 0.261 e. The molecule has 2 aromatic rings. The number of amides is 3. The van der Waals surface area contributed by atoms with Crippen molar-refractivity contribution in [2.24, 2.45) is 0 Å². The van der Waals surface area contributed by atoms with Crippen molar-refractivity contribution >= 4 is 50.7 Å². The Balaban J connectivity index is 1.45. The maximum Gasteiger partial charge on any atom is 0.261 e. The molecule has 0 saturated carbocycles. The molecular formula is C24H28BrN3O3S. The number of benzene rings is 1. The van der Waals surface area contributed by atoms with Gasteiger partial charge in [-0.15, -0.1) is 11.3 Å². The van der Waals surface area contributed by atoms with Crippen LogP contribution in [0.3, 0.4) is 0 Å². The van der Waals surface area contributed by atoms with E-state index < -0.39 is 0 Å². The molecule has 3 heterocycles.